The molecule has 0 radical (unpaired) electrons. The lowest BCUT2D eigenvalue weighted by Gasteiger charge is -2.54. The van der Waals surface area contributed by atoms with E-state index in [0.29, 0.717) is 55.5 Å². The van der Waals surface area contributed by atoms with E-state index in [4.69, 9.17) is 0 Å². The van der Waals surface area contributed by atoms with E-state index in [1.807, 2.05) is 30.9 Å². The maximum absolute atomic E-state index is 13.6. The van der Waals surface area contributed by atoms with Crippen molar-refractivity contribution in [1.82, 2.24) is 15.1 Å². The van der Waals surface area contributed by atoms with Crippen molar-refractivity contribution in [2.75, 3.05) is 32.7 Å². The summed E-state index contributed by atoms with van der Waals surface area (Å²) in [6.07, 6.45) is 12.7. The van der Waals surface area contributed by atoms with Gasteiger partial charge >= 0.3 is 0 Å². The molecule has 1 aliphatic heterocycles. The SMILES string of the molecule is CC(C)[C@H](NC(=O)CCC1CCCC1)C(=O)N1CCN(C[C@]2(O)CC[C@H]3[C@@H]4CCc5cc(O)ccc5[C@H]4CC[C@@]32C)CC1. The Labute approximate surface area is 258 Å². The van der Waals surface area contributed by atoms with Gasteiger partial charge in [-0.2, -0.15) is 0 Å². The highest BCUT2D eigenvalue weighted by Crippen LogP contribution is 2.64. The Kier molecular flexibility index (Phi) is 8.87. The van der Waals surface area contributed by atoms with Crippen LogP contribution in [0, 0.1) is 29.1 Å². The van der Waals surface area contributed by atoms with E-state index in [9.17, 15) is 19.8 Å². The number of benzene rings is 1. The third-order valence-corrected chi connectivity index (χ3v) is 12.7. The van der Waals surface area contributed by atoms with Gasteiger partial charge in [0.1, 0.15) is 11.8 Å². The number of phenolic OH excluding ortho intramolecular Hbond substituents is 1. The number of hydrogen-bond donors (Lipinski definition) is 3. The van der Waals surface area contributed by atoms with Gasteiger partial charge in [0, 0.05) is 44.6 Å². The topological polar surface area (TPSA) is 93.1 Å². The standard InChI is InChI=1S/C36H55N3O4/c1-24(2)33(37-32(41)13-8-25-6-4-5-7-25)34(42)39-20-18-38(19-21-39)23-36(43)17-15-31-30-11-9-26-22-27(40)10-12-28(26)29(30)14-16-35(31,36)3/h10,12,22,24-25,29-31,33,40,43H,4-9,11,13-21,23H2,1-3H3,(H,37,41)/t29-,30-,31+,33+,35+,36-/m1/s1. The van der Waals surface area contributed by atoms with Gasteiger partial charge in [0.25, 0.3) is 0 Å². The van der Waals surface area contributed by atoms with Crippen LogP contribution >= 0.6 is 0 Å². The summed E-state index contributed by atoms with van der Waals surface area (Å²) in [7, 11) is 0. The van der Waals surface area contributed by atoms with E-state index in [-0.39, 0.29) is 23.1 Å². The summed E-state index contributed by atoms with van der Waals surface area (Å²) in [6, 6.07) is 5.49. The number of fused-ring (bicyclic) bond motifs is 5. The Bertz CT molecular complexity index is 1170. The number of nitrogens with zero attached hydrogens (tertiary/aromatic N) is 2. The highest BCUT2D eigenvalue weighted by atomic mass is 16.3. The molecule has 7 nitrogen and oxygen atoms in total. The highest BCUT2D eigenvalue weighted by molar-refractivity contribution is 5.88. The van der Waals surface area contributed by atoms with E-state index < -0.39 is 11.6 Å². The number of amides is 2. The summed E-state index contributed by atoms with van der Waals surface area (Å²) >= 11 is 0. The molecule has 1 aromatic rings. The average molecular weight is 594 g/mol. The number of carbonyl (C=O) groups is 2. The molecule has 0 bridgehead atoms. The first-order valence-corrected chi connectivity index (χ1v) is 17.4. The number of carbonyl (C=O) groups excluding carboxylic acids is 2. The van der Waals surface area contributed by atoms with E-state index in [1.54, 1.807) is 0 Å². The molecule has 1 saturated heterocycles. The zero-order valence-corrected chi connectivity index (χ0v) is 26.8. The molecule has 7 heteroatoms. The molecule has 5 aliphatic rings. The molecule has 4 aliphatic carbocycles. The Hall–Kier alpha value is -2.12. The summed E-state index contributed by atoms with van der Waals surface area (Å²) in [4.78, 5) is 30.6. The number of aryl methyl sites for hydroxylation is 1. The summed E-state index contributed by atoms with van der Waals surface area (Å²) in [6.45, 7) is 9.88. The molecule has 3 N–H and O–H groups in total. The summed E-state index contributed by atoms with van der Waals surface area (Å²) in [5.74, 6) is 2.79. The van der Waals surface area contributed by atoms with Crippen molar-refractivity contribution >= 4 is 11.8 Å². The summed E-state index contributed by atoms with van der Waals surface area (Å²) < 4.78 is 0. The van der Waals surface area contributed by atoms with Crippen molar-refractivity contribution in [3.8, 4) is 5.75 Å². The minimum atomic E-state index is -0.711. The Morgan fingerprint density at radius 2 is 1.77 bits per heavy atom. The van der Waals surface area contributed by atoms with Crippen LogP contribution in [0.15, 0.2) is 18.2 Å². The second-order valence-corrected chi connectivity index (χ2v) is 15.4. The van der Waals surface area contributed by atoms with Crippen molar-refractivity contribution in [2.45, 2.75) is 115 Å². The van der Waals surface area contributed by atoms with Crippen molar-refractivity contribution < 1.29 is 19.8 Å². The van der Waals surface area contributed by atoms with E-state index in [2.05, 4.69) is 23.2 Å². The van der Waals surface area contributed by atoms with Crippen LogP contribution < -0.4 is 5.32 Å². The van der Waals surface area contributed by atoms with Gasteiger partial charge in [-0.25, -0.2) is 0 Å². The van der Waals surface area contributed by atoms with E-state index in [0.717, 1.165) is 58.0 Å². The number of hydrogen-bond acceptors (Lipinski definition) is 5. The van der Waals surface area contributed by atoms with Gasteiger partial charge in [0.2, 0.25) is 11.8 Å². The van der Waals surface area contributed by atoms with Gasteiger partial charge in [-0.1, -0.05) is 52.5 Å². The molecule has 0 unspecified atom stereocenters. The van der Waals surface area contributed by atoms with Crippen LogP contribution in [-0.4, -0.2) is 76.2 Å². The fourth-order valence-electron chi connectivity index (χ4n) is 10.0. The fourth-order valence-corrected chi connectivity index (χ4v) is 10.0. The molecule has 43 heavy (non-hydrogen) atoms. The van der Waals surface area contributed by atoms with Crippen LogP contribution in [0.3, 0.4) is 0 Å². The molecule has 1 heterocycles. The van der Waals surface area contributed by atoms with Gasteiger partial charge in [-0.15, -0.1) is 0 Å². The van der Waals surface area contributed by atoms with Crippen LogP contribution in [0.1, 0.15) is 108 Å². The Morgan fingerprint density at radius 1 is 1.02 bits per heavy atom. The molecular weight excluding hydrogens is 538 g/mol. The van der Waals surface area contributed by atoms with Gasteiger partial charge in [-0.05, 0) is 97.8 Å². The minimum absolute atomic E-state index is 0.0122. The largest absolute Gasteiger partial charge is 0.508 e. The lowest BCUT2D eigenvalue weighted by Crippen LogP contribution is -2.60. The molecule has 4 fully saturated rings. The molecule has 2 amide bonds. The Balaban J connectivity index is 1.03. The van der Waals surface area contributed by atoms with Gasteiger partial charge in [0.05, 0.1) is 5.60 Å². The number of aromatic hydroxyl groups is 1. The van der Waals surface area contributed by atoms with Crippen LogP contribution in [0.4, 0.5) is 0 Å². The quantitative estimate of drug-likeness (QED) is 0.384. The smallest absolute Gasteiger partial charge is 0.245 e. The summed E-state index contributed by atoms with van der Waals surface area (Å²) in [5, 5.41) is 25.4. The van der Waals surface area contributed by atoms with E-state index in [1.165, 1.54) is 36.8 Å². The van der Waals surface area contributed by atoms with Crippen LogP contribution in [-0.2, 0) is 16.0 Å². The molecule has 6 atom stereocenters. The molecule has 238 valence electrons. The number of β-amino-alcohol motifs (C(OH)–C–C–N with tert-alkyl or cyclic N) is 1. The van der Waals surface area contributed by atoms with Crippen molar-refractivity contribution in [3.63, 3.8) is 0 Å². The molecule has 0 aromatic heterocycles. The fraction of sp³-hybridized carbons (Fsp3) is 0.778. The number of piperazine rings is 1. The van der Waals surface area contributed by atoms with E-state index >= 15 is 0 Å². The number of nitrogens with one attached hydrogen (secondary N) is 1. The normalized spacial score (nSPS) is 33.6. The van der Waals surface area contributed by atoms with Gasteiger partial charge in [-0.3, -0.25) is 14.5 Å². The van der Waals surface area contributed by atoms with Crippen molar-refractivity contribution in [2.24, 2.45) is 29.1 Å². The first-order valence-electron chi connectivity index (χ1n) is 17.4. The van der Waals surface area contributed by atoms with Crippen LogP contribution in [0.2, 0.25) is 0 Å². The summed E-state index contributed by atoms with van der Waals surface area (Å²) in [5.41, 5.74) is 1.93. The Morgan fingerprint density at radius 3 is 2.49 bits per heavy atom. The molecule has 0 spiro atoms. The number of rotatable bonds is 8. The van der Waals surface area contributed by atoms with Crippen molar-refractivity contribution in [3.05, 3.63) is 29.3 Å². The zero-order valence-electron chi connectivity index (χ0n) is 26.8. The lowest BCUT2D eigenvalue weighted by molar-refractivity contribution is -0.141. The second kappa shape index (κ2) is 12.3. The van der Waals surface area contributed by atoms with Crippen molar-refractivity contribution in [1.29, 1.82) is 0 Å². The predicted molar refractivity (Wildman–Crippen MR) is 169 cm³/mol. The highest BCUT2D eigenvalue weighted by Gasteiger charge is 2.61. The first kappa shape index (κ1) is 30.9. The van der Waals surface area contributed by atoms with Gasteiger partial charge < -0.3 is 20.4 Å². The van der Waals surface area contributed by atoms with Crippen LogP contribution in [0.25, 0.3) is 0 Å². The number of phenols is 1. The predicted octanol–water partition coefficient (Wildman–Crippen LogP) is 5.23. The van der Waals surface area contributed by atoms with Crippen LogP contribution in [0.5, 0.6) is 5.75 Å². The third kappa shape index (κ3) is 5.97. The molecule has 1 aromatic carbocycles. The first-order chi connectivity index (χ1) is 20.6. The second-order valence-electron chi connectivity index (χ2n) is 15.4. The average Bonchev–Trinajstić information content (AvgIpc) is 3.60. The molecule has 3 saturated carbocycles. The lowest BCUT2D eigenvalue weighted by atomic mass is 9.53. The zero-order chi connectivity index (χ0) is 30.4. The monoisotopic (exact) mass is 593 g/mol. The molecular formula is C36H55N3O4. The van der Waals surface area contributed by atoms with Gasteiger partial charge in [0.15, 0.2) is 0 Å². The number of aliphatic hydroxyl groups is 1. The minimum Gasteiger partial charge on any atom is -0.508 e. The maximum atomic E-state index is 13.6. The third-order valence-electron chi connectivity index (χ3n) is 12.7. The maximum Gasteiger partial charge on any atom is 0.245 e. The molecule has 6 rings (SSSR count).